The predicted octanol–water partition coefficient (Wildman–Crippen LogP) is 4.37. The van der Waals surface area contributed by atoms with Crippen LogP contribution in [0, 0.1) is 0 Å². The van der Waals surface area contributed by atoms with Crippen molar-refractivity contribution in [3.8, 4) is 0 Å². The maximum Gasteiger partial charge on any atom is 0.255 e. The summed E-state index contributed by atoms with van der Waals surface area (Å²) in [5.41, 5.74) is 2.57. The summed E-state index contributed by atoms with van der Waals surface area (Å²) in [7, 11) is 0. The number of carbonyl (C=O) groups is 3. The van der Waals surface area contributed by atoms with Crippen molar-refractivity contribution < 1.29 is 14.4 Å². The highest BCUT2D eigenvalue weighted by Crippen LogP contribution is 2.22. The van der Waals surface area contributed by atoms with Crippen molar-refractivity contribution in [3.63, 3.8) is 0 Å². The van der Waals surface area contributed by atoms with E-state index in [0.29, 0.717) is 16.8 Å². The molecule has 0 bridgehead atoms. The van der Waals surface area contributed by atoms with Crippen LogP contribution in [0.15, 0.2) is 48.5 Å². The van der Waals surface area contributed by atoms with Crippen LogP contribution < -0.4 is 10.6 Å². The van der Waals surface area contributed by atoms with E-state index in [9.17, 15) is 14.4 Å². The van der Waals surface area contributed by atoms with E-state index in [0.717, 1.165) is 37.9 Å². The van der Waals surface area contributed by atoms with E-state index >= 15 is 0 Å². The smallest absolute Gasteiger partial charge is 0.255 e. The molecule has 1 fully saturated rings. The Balaban J connectivity index is 1.64. The number of anilines is 1. The van der Waals surface area contributed by atoms with Gasteiger partial charge in [0.15, 0.2) is 0 Å². The fourth-order valence-electron chi connectivity index (χ4n) is 3.75. The summed E-state index contributed by atoms with van der Waals surface area (Å²) in [5, 5.41) is 5.56. The number of benzene rings is 2. The number of para-hydroxylation sites is 1. The molecule has 1 heterocycles. The molecule has 0 saturated carbocycles. The number of rotatable bonds is 5. The van der Waals surface area contributed by atoms with Crippen LogP contribution in [0.3, 0.4) is 0 Å². The van der Waals surface area contributed by atoms with E-state index in [4.69, 9.17) is 0 Å². The van der Waals surface area contributed by atoms with Gasteiger partial charge in [-0.05, 0) is 61.4 Å². The molecule has 0 aliphatic carbocycles. The molecular formula is C26H33N3O3. The van der Waals surface area contributed by atoms with Crippen molar-refractivity contribution in [2.24, 2.45) is 0 Å². The number of hydrogen-bond donors (Lipinski definition) is 2. The Morgan fingerprint density at radius 3 is 2.16 bits per heavy atom. The van der Waals surface area contributed by atoms with Crippen molar-refractivity contribution in [2.75, 3.05) is 18.4 Å². The minimum Gasteiger partial charge on any atom is -0.341 e. The van der Waals surface area contributed by atoms with Crippen molar-refractivity contribution in [3.05, 3.63) is 65.2 Å². The number of likely N-dealkylation sites (tertiary alicyclic amines) is 1. The third kappa shape index (κ3) is 5.75. The lowest BCUT2D eigenvalue weighted by atomic mass is 9.86. The Labute approximate surface area is 190 Å². The second-order valence-corrected chi connectivity index (χ2v) is 9.41. The van der Waals surface area contributed by atoms with Crippen molar-refractivity contribution in [2.45, 2.75) is 58.4 Å². The van der Waals surface area contributed by atoms with E-state index < -0.39 is 6.04 Å². The lowest BCUT2D eigenvalue weighted by Gasteiger charge is -2.27. The van der Waals surface area contributed by atoms with E-state index in [1.807, 2.05) is 17.0 Å². The van der Waals surface area contributed by atoms with Crippen molar-refractivity contribution >= 4 is 23.4 Å². The number of carbonyl (C=O) groups excluding carboxylic acids is 3. The van der Waals surface area contributed by atoms with Crippen LogP contribution in [0.4, 0.5) is 5.69 Å². The lowest BCUT2D eigenvalue weighted by molar-refractivity contribution is -0.117. The first-order valence-electron chi connectivity index (χ1n) is 11.3. The first kappa shape index (κ1) is 23.5. The highest BCUT2D eigenvalue weighted by Gasteiger charge is 2.23. The SMILES string of the molecule is CC(NC(=O)c1ccc(C(C)(C)C)cc1)C(=O)Nc1ccccc1C(=O)N1CCCCC1. The molecule has 1 saturated heterocycles. The molecule has 1 atom stereocenters. The van der Waals surface area contributed by atoms with Gasteiger partial charge in [-0.2, -0.15) is 0 Å². The predicted molar refractivity (Wildman–Crippen MR) is 127 cm³/mol. The summed E-state index contributed by atoms with van der Waals surface area (Å²) in [6, 6.07) is 13.7. The number of hydrogen-bond acceptors (Lipinski definition) is 3. The number of amides is 3. The van der Waals surface area contributed by atoms with Gasteiger partial charge in [-0.3, -0.25) is 14.4 Å². The highest BCUT2D eigenvalue weighted by molar-refractivity contribution is 6.06. The molecular weight excluding hydrogens is 402 g/mol. The zero-order valence-electron chi connectivity index (χ0n) is 19.4. The molecule has 170 valence electrons. The average Bonchev–Trinajstić information content (AvgIpc) is 2.79. The summed E-state index contributed by atoms with van der Waals surface area (Å²) in [6.07, 6.45) is 3.14. The van der Waals surface area contributed by atoms with Gasteiger partial charge < -0.3 is 15.5 Å². The van der Waals surface area contributed by atoms with Gasteiger partial charge in [-0.15, -0.1) is 0 Å². The zero-order chi connectivity index (χ0) is 23.3. The van der Waals surface area contributed by atoms with Crippen molar-refractivity contribution in [1.29, 1.82) is 0 Å². The lowest BCUT2D eigenvalue weighted by Crippen LogP contribution is -2.42. The number of piperidine rings is 1. The van der Waals surface area contributed by atoms with Crippen LogP contribution in [0.1, 0.15) is 73.2 Å². The largest absolute Gasteiger partial charge is 0.341 e. The summed E-state index contributed by atoms with van der Waals surface area (Å²) in [4.78, 5) is 40.1. The molecule has 6 heteroatoms. The topological polar surface area (TPSA) is 78.5 Å². The van der Waals surface area contributed by atoms with Gasteiger partial charge in [0.25, 0.3) is 11.8 Å². The summed E-state index contributed by atoms with van der Waals surface area (Å²) >= 11 is 0. The molecule has 0 aromatic heterocycles. The van der Waals surface area contributed by atoms with Crippen LogP contribution in [-0.2, 0) is 10.2 Å². The van der Waals surface area contributed by atoms with Gasteiger partial charge in [0.1, 0.15) is 6.04 Å². The summed E-state index contributed by atoms with van der Waals surface area (Å²) in [5.74, 6) is -0.759. The molecule has 2 N–H and O–H groups in total. The van der Waals surface area contributed by atoms with Crippen LogP contribution in [0.25, 0.3) is 0 Å². The van der Waals surface area contributed by atoms with E-state index in [2.05, 4.69) is 31.4 Å². The second kappa shape index (κ2) is 9.98. The minimum atomic E-state index is -0.761. The normalized spacial score (nSPS) is 15.1. The number of nitrogens with zero attached hydrogens (tertiary/aromatic N) is 1. The fraction of sp³-hybridized carbons (Fsp3) is 0.423. The molecule has 1 aliphatic heterocycles. The van der Waals surface area contributed by atoms with Crippen LogP contribution in [-0.4, -0.2) is 41.8 Å². The molecule has 0 spiro atoms. The summed E-state index contributed by atoms with van der Waals surface area (Å²) < 4.78 is 0. The quantitative estimate of drug-likeness (QED) is 0.732. The highest BCUT2D eigenvalue weighted by atomic mass is 16.2. The molecule has 32 heavy (non-hydrogen) atoms. The van der Waals surface area contributed by atoms with Crippen LogP contribution in [0.5, 0.6) is 0 Å². The monoisotopic (exact) mass is 435 g/mol. The van der Waals surface area contributed by atoms with Gasteiger partial charge >= 0.3 is 0 Å². The van der Waals surface area contributed by atoms with Gasteiger partial charge in [0, 0.05) is 18.7 Å². The zero-order valence-corrected chi connectivity index (χ0v) is 19.4. The standard InChI is InChI=1S/C26H33N3O3/c1-18(27-24(31)19-12-14-20(15-13-19)26(2,3)4)23(30)28-22-11-7-6-10-21(22)25(32)29-16-8-5-9-17-29/h6-7,10-15,18H,5,8-9,16-17H2,1-4H3,(H,27,31)(H,28,30). The van der Waals surface area contributed by atoms with Gasteiger partial charge in [-0.1, -0.05) is 45.0 Å². The maximum atomic E-state index is 12.9. The first-order chi connectivity index (χ1) is 15.2. The third-order valence-electron chi connectivity index (χ3n) is 5.81. The molecule has 2 aromatic rings. The third-order valence-corrected chi connectivity index (χ3v) is 5.81. The Morgan fingerprint density at radius 2 is 1.53 bits per heavy atom. The van der Waals surface area contributed by atoms with Gasteiger partial charge in [0.05, 0.1) is 11.3 Å². The number of nitrogens with one attached hydrogen (secondary N) is 2. The van der Waals surface area contributed by atoms with Crippen molar-refractivity contribution in [1.82, 2.24) is 10.2 Å². The van der Waals surface area contributed by atoms with Gasteiger partial charge in [-0.25, -0.2) is 0 Å². The Bertz CT molecular complexity index is 971. The average molecular weight is 436 g/mol. The van der Waals surface area contributed by atoms with Crippen LogP contribution in [0.2, 0.25) is 0 Å². The van der Waals surface area contributed by atoms with Crippen LogP contribution >= 0.6 is 0 Å². The molecule has 0 radical (unpaired) electrons. The van der Waals surface area contributed by atoms with E-state index in [1.165, 1.54) is 0 Å². The molecule has 3 rings (SSSR count). The van der Waals surface area contributed by atoms with E-state index in [1.54, 1.807) is 43.3 Å². The molecule has 3 amide bonds. The Kier molecular flexibility index (Phi) is 7.33. The maximum absolute atomic E-state index is 12.9. The Morgan fingerprint density at radius 1 is 0.906 bits per heavy atom. The minimum absolute atomic E-state index is 0.00120. The fourth-order valence-corrected chi connectivity index (χ4v) is 3.75. The Hall–Kier alpha value is -3.15. The van der Waals surface area contributed by atoms with E-state index in [-0.39, 0.29) is 23.1 Å². The molecule has 6 nitrogen and oxygen atoms in total. The second-order valence-electron chi connectivity index (χ2n) is 9.41. The molecule has 1 aliphatic rings. The summed E-state index contributed by atoms with van der Waals surface area (Å²) in [6.45, 7) is 9.45. The molecule has 1 unspecified atom stereocenters. The first-order valence-corrected chi connectivity index (χ1v) is 11.3. The molecule has 2 aromatic carbocycles. The van der Waals surface area contributed by atoms with Gasteiger partial charge in [0.2, 0.25) is 5.91 Å².